The van der Waals surface area contributed by atoms with Crippen molar-refractivity contribution in [2.45, 2.75) is 43.9 Å². The molecule has 3 heterocycles. The number of aromatic nitrogens is 1. The maximum absolute atomic E-state index is 13.3. The van der Waals surface area contributed by atoms with E-state index >= 15 is 0 Å². The number of nitrogens with zero attached hydrogens (tertiary/aromatic N) is 2. The predicted octanol–water partition coefficient (Wildman–Crippen LogP) is 3.08. The number of amides is 3. The lowest BCUT2D eigenvalue weighted by Gasteiger charge is -2.39. The van der Waals surface area contributed by atoms with Crippen LogP contribution in [0.1, 0.15) is 31.2 Å². The Hall–Kier alpha value is -3.00. The average Bonchev–Trinajstić information content (AvgIpc) is 3.17. The quantitative estimate of drug-likeness (QED) is 0.808. The molecule has 2 aromatic rings. The Bertz CT molecular complexity index is 900. The van der Waals surface area contributed by atoms with E-state index in [1.165, 1.54) is 12.1 Å². The Kier molecular flexibility index (Phi) is 5.94. The number of pyridine rings is 1. The van der Waals surface area contributed by atoms with Gasteiger partial charge in [0.2, 0.25) is 0 Å². The van der Waals surface area contributed by atoms with Gasteiger partial charge in [-0.1, -0.05) is 12.1 Å². The number of carbonyl (C=O) groups excluding carboxylic acids is 2. The number of anilines is 1. The first-order chi connectivity index (χ1) is 14.5. The number of halogens is 1. The van der Waals surface area contributed by atoms with Crippen molar-refractivity contribution in [2.75, 3.05) is 18.4 Å². The molecule has 0 saturated carbocycles. The minimum Gasteiger partial charge on any atom is -0.362 e. The maximum Gasteiger partial charge on any atom is 0.317 e. The molecule has 8 heteroatoms. The highest BCUT2D eigenvalue weighted by Gasteiger charge is 2.45. The van der Waals surface area contributed by atoms with Crippen molar-refractivity contribution >= 4 is 17.6 Å². The monoisotopic (exact) mass is 412 g/mol. The summed E-state index contributed by atoms with van der Waals surface area (Å²) >= 11 is 0. The summed E-state index contributed by atoms with van der Waals surface area (Å²) in [7, 11) is 0. The molecule has 3 amide bonds. The van der Waals surface area contributed by atoms with Crippen LogP contribution in [0.5, 0.6) is 0 Å². The van der Waals surface area contributed by atoms with E-state index in [0.29, 0.717) is 38.0 Å². The van der Waals surface area contributed by atoms with Gasteiger partial charge in [-0.25, -0.2) is 9.18 Å². The summed E-state index contributed by atoms with van der Waals surface area (Å²) < 4.78 is 19.4. The van der Waals surface area contributed by atoms with Crippen molar-refractivity contribution in [1.29, 1.82) is 0 Å². The first kappa shape index (κ1) is 20.3. The highest BCUT2D eigenvalue weighted by atomic mass is 19.1. The Morgan fingerprint density at radius 3 is 2.77 bits per heavy atom. The van der Waals surface area contributed by atoms with Gasteiger partial charge in [0.25, 0.3) is 5.91 Å². The van der Waals surface area contributed by atoms with Crippen LogP contribution in [0, 0.1) is 5.82 Å². The average molecular weight is 412 g/mol. The molecular weight excluding hydrogens is 387 g/mol. The number of hydrogen-bond donors (Lipinski definition) is 2. The Morgan fingerprint density at radius 1 is 1.20 bits per heavy atom. The van der Waals surface area contributed by atoms with Crippen LogP contribution in [0.25, 0.3) is 0 Å². The van der Waals surface area contributed by atoms with Crippen LogP contribution in [0.2, 0.25) is 0 Å². The summed E-state index contributed by atoms with van der Waals surface area (Å²) in [5.74, 6) is -0.475. The molecule has 0 aliphatic carbocycles. The zero-order valence-electron chi connectivity index (χ0n) is 16.6. The van der Waals surface area contributed by atoms with Crippen molar-refractivity contribution in [3.63, 3.8) is 0 Å². The second-order valence-corrected chi connectivity index (χ2v) is 7.83. The molecule has 1 spiro atoms. The van der Waals surface area contributed by atoms with E-state index in [4.69, 9.17) is 4.74 Å². The zero-order chi connectivity index (χ0) is 21.0. The topological polar surface area (TPSA) is 83.6 Å². The lowest BCUT2D eigenvalue weighted by molar-refractivity contribution is -0.135. The highest BCUT2D eigenvalue weighted by Crippen LogP contribution is 2.39. The van der Waals surface area contributed by atoms with E-state index in [1.54, 1.807) is 41.6 Å². The molecule has 0 radical (unpaired) electrons. The summed E-state index contributed by atoms with van der Waals surface area (Å²) in [5.41, 5.74) is 1.02. The van der Waals surface area contributed by atoms with Gasteiger partial charge >= 0.3 is 6.03 Å². The molecular formula is C22H25FN4O3. The lowest BCUT2D eigenvalue weighted by Crippen LogP contribution is -2.50. The van der Waals surface area contributed by atoms with Gasteiger partial charge in [-0.05, 0) is 55.5 Å². The van der Waals surface area contributed by atoms with Gasteiger partial charge in [-0.2, -0.15) is 0 Å². The minimum atomic E-state index is -0.487. The molecule has 1 atom stereocenters. The molecule has 2 aliphatic rings. The SMILES string of the molecule is O=C(Nc1cccnc1)C1CCC2(CCN(C(=O)NCc3cccc(F)c3)CC2)O1. The zero-order valence-corrected chi connectivity index (χ0v) is 16.6. The fraction of sp³-hybridized carbons (Fsp3) is 0.409. The fourth-order valence-electron chi connectivity index (χ4n) is 4.08. The third-order valence-corrected chi connectivity index (χ3v) is 5.77. The largest absolute Gasteiger partial charge is 0.362 e. The molecule has 7 nitrogen and oxygen atoms in total. The summed E-state index contributed by atoms with van der Waals surface area (Å²) in [6.45, 7) is 1.41. The molecule has 1 unspecified atom stereocenters. The number of hydrogen-bond acceptors (Lipinski definition) is 4. The number of urea groups is 1. The number of benzene rings is 1. The second-order valence-electron chi connectivity index (χ2n) is 7.83. The van der Waals surface area contributed by atoms with Crippen molar-refractivity contribution in [3.05, 3.63) is 60.2 Å². The van der Waals surface area contributed by atoms with Gasteiger partial charge < -0.3 is 20.3 Å². The number of ether oxygens (including phenoxy) is 1. The van der Waals surface area contributed by atoms with Gasteiger partial charge in [-0.3, -0.25) is 9.78 Å². The van der Waals surface area contributed by atoms with Crippen LogP contribution in [-0.2, 0) is 16.1 Å². The fourth-order valence-corrected chi connectivity index (χ4v) is 4.08. The van der Waals surface area contributed by atoms with Gasteiger partial charge in [0.1, 0.15) is 11.9 Å². The van der Waals surface area contributed by atoms with Crippen LogP contribution >= 0.6 is 0 Å². The molecule has 1 aromatic carbocycles. The molecule has 2 N–H and O–H groups in total. The molecule has 30 heavy (non-hydrogen) atoms. The summed E-state index contributed by atoms with van der Waals surface area (Å²) in [4.78, 5) is 30.7. The Balaban J connectivity index is 1.25. The van der Waals surface area contributed by atoms with Crippen LogP contribution in [0.15, 0.2) is 48.8 Å². The van der Waals surface area contributed by atoms with E-state index in [1.807, 2.05) is 0 Å². The molecule has 158 valence electrons. The third kappa shape index (κ3) is 4.76. The summed E-state index contributed by atoms with van der Waals surface area (Å²) in [5, 5.41) is 5.68. The number of likely N-dealkylation sites (tertiary alicyclic amines) is 1. The standard InChI is InChI=1S/C22H25FN4O3/c23-17-4-1-3-16(13-17)14-25-21(29)27-11-8-22(9-12-27)7-6-19(30-22)20(28)26-18-5-2-10-24-15-18/h1-5,10,13,15,19H,6-9,11-12,14H2,(H,25,29)(H,26,28). The van der Waals surface area contributed by atoms with Gasteiger partial charge in [0, 0.05) is 25.8 Å². The first-order valence-electron chi connectivity index (χ1n) is 10.2. The molecule has 0 bridgehead atoms. The molecule has 2 aliphatic heterocycles. The second kappa shape index (κ2) is 8.79. The minimum absolute atomic E-state index is 0.157. The van der Waals surface area contributed by atoms with Crippen LogP contribution in [0.4, 0.5) is 14.9 Å². The molecule has 2 saturated heterocycles. The van der Waals surface area contributed by atoms with E-state index in [0.717, 1.165) is 12.0 Å². The van der Waals surface area contributed by atoms with E-state index < -0.39 is 6.10 Å². The predicted molar refractivity (Wildman–Crippen MR) is 109 cm³/mol. The summed E-state index contributed by atoms with van der Waals surface area (Å²) in [6, 6.07) is 9.57. The van der Waals surface area contributed by atoms with Gasteiger partial charge in [-0.15, -0.1) is 0 Å². The first-order valence-corrected chi connectivity index (χ1v) is 10.2. The van der Waals surface area contributed by atoms with Crippen LogP contribution in [0.3, 0.4) is 0 Å². The third-order valence-electron chi connectivity index (χ3n) is 5.77. The van der Waals surface area contributed by atoms with Crippen molar-refractivity contribution in [3.8, 4) is 0 Å². The smallest absolute Gasteiger partial charge is 0.317 e. The number of piperidine rings is 1. The number of rotatable bonds is 4. The molecule has 4 rings (SSSR count). The van der Waals surface area contributed by atoms with Crippen molar-refractivity contribution in [2.24, 2.45) is 0 Å². The molecule has 2 fully saturated rings. The van der Waals surface area contributed by atoms with Crippen molar-refractivity contribution in [1.82, 2.24) is 15.2 Å². The Morgan fingerprint density at radius 2 is 2.03 bits per heavy atom. The number of nitrogens with one attached hydrogen (secondary N) is 2. The normalized spacial score (nSPS) is 20.2. The van der Waals surface area contributed by atoms with E-state index in [2.05, 4.69) is 15.6 Å². The Labute approximate surface area is 174 Å². The van der Waals surface area contributed by atoms with Gasteiger partial charge in [0.15, 0.2) is 0 Å². The molecule has 1 aromatic heterocycles. The van der Waals surface area contributed by atoms with E-state index in [-0.39, 0.29) is 29.9 Å². The van der Waals surface area contributed by atoms with Crippen LogP contribution < -0.4 is 10.6 Å². The highest BCUT2D eigenvalue weighted by molar-refractivity contribution is 5.94. The summed E-state index contributed by atoms with van der Waals surface area (Å²) in [6.07, 6.45) is 5.61. The van der Waals surface area contributed by atoms with Crippen LogP contribution in [-0.4, -0.2) is 46.6 Å². The van der Waals surface area contributed by atoms with Gasteiger partial charge in [0.05, 0.1) is 17.5 Å². The van der Waals surface area contributed by atoms with E-state index in [9.17, 15) is 14.0 Å². The lowest BCUT2D eigenvalue weighted by atomic mass is 9.88. The maximum atomic E-state index is 13.3. The van der Waals surface area contributed by atoms with Crippen molar-refractivity contribution < 1.29 is 18.7 Å². The number of carbonyl (C=O) groups is 2.